The highest BCUT2D eigenvalue weighted by Crippen LogP contribution is 2.54. The zero-order valence-corrected chi connectivity index (χ0v) is 48.7. The Morgan fingerprint density at radius 3 is 1.89 bits per heavy atom. The summed E-state index contributed by atoms with van der Waals surface area (Å²) in [6.07, 6.45) is 7.54. The van der Waals surface area contributed by atoms with Crippen LogP contribution in [-0.4, -0.2) is 14.1 Å². The van der Waals surface area contributed by atoms with Crippen molar-refractivity contribution in [3.8, 4) is 84.3 Å². The van der Waals surface area contributed by atoms with Gasteiger partial charge in [0.05, 0.1) is 40.3 Å². The highest BCUT2D eigenvalue weighted by atomic mass is 16.5. The predicted octanol–water partition coefficient (Wildman–Crippen LogP) is 20.2. The average molecular weight is 1090 g/mol. The number of aryl methyl sites for hydroxylation is 2. The lowest BCUT2D eigenvalue weighted by atomic mass is 9.62. The SMILES string of the molecule is [2H]c1c([2H])c([2H])c(-c2cc3c4c(c2)n(-c2cccc(Oc5ccc6c7ccccc7n(-c7cc(C(C)(C)C)ccn7)c6c5)c2)[c-][n+]4-c2c(cc(C(C)(C)C)cc2-c2c(C([2H])([2H])[2H])cccc2C([2H])([2H])[2H])-c2cc4c(cc2-c2ccccc2-3)C(C)(C)CCC4(C)C)c([2H])c1[2H]. The molecule has 0 atom stereocenters. The molecule has 0 bridgehead atoms. The lowest BCUT2D eigenvalue weighted by Gasteiger charge is -2.42. The minimum absolute atomic E-state index is 0.00527. The minimum atomic E-state index is -2.79. The maximum Gasteiger partial charge on any atom is 0.269 e. The number of nitrogens with zero attached hydrogens (tertiary/aromatic N) is 4. The van der Waals surface area contributed by atoms with E-state index in [1.807, 2.05) is 100 Å². The number of ether oxygens (including phenoxy) is 1. The van der Waals surface area contributed by atoms with Crippen molar-refractivity contribution >= 4 is 32.8 Å². The van der Waals surface area contributed by atoms with Crippen molar-refractivity contribution in [3.63, 3.8) is 0 Å². The largest absolute Gasteiger partial charge is 0.458 e. The van der Waals surface area contributed by atoms with Gasteiger partial charge in [0, 0.05) is 31.3 Å². The lowest BCUT2D eigenvalue weighted by molar-refractivity contribution is -0.570. The maximum absolute atomic E-state index is 9.50. The van der Waals surface area contributed by atoms with Crippen molar-refractivity contribution in [1.29, 1.82) is 0 Å². The van der Waals surface area contributed by atoms with E-state index in [4.69, 9.17) is 13.8 Å². The smallest absolute Gasteiger partial charge is 0.269 e. The third kappa shape index (κ3) is 8.64. The van der Waals surface area contributed by atoms with Gasteiger partial charge in [0.2, 0.25) is 0 Å². The predicted molar refractivity (Wildman–Crippen MR) is 345 cm³/mol. The van der Waals surface area contributed by atoms with E-state index in [-0.39, 0.29) is 50.6 Å². The molecule has 0 N–H and O–H groups in total. The summed E-state index contributed by atoms with van der Waals surface area (Å²) in [5, 5.41) is 2.09. The Morgan fingerprint density at radius 2 is 1.18 bits per heavy atom. The van der Waals surface area contributed by atoms with Crippen LogP contribution in [0.3, 0.4) is 0 Å². The van der Waals surface area contributed by atoms with Crippen molar-refractivity contribution < 1.29 is 24.4 Å². The average Bonchev–Trinajstić information content (AvgIpc) is 1.45. The first kappa shape index (κ1) is 41.2. The summed E-state index contributed by atoms with van der Waals surface area (Å²) in [4.78, 5) is 4.91. The normalized spacial score (nSPS) is 16.6. The molecule has 14 rings (SSSR count). The van der Waals surface area contributed by atoms with Gasteiger partial charge in [-0.15, -0.1) is 0 Å². The van der Waals surface area contributed by atoms with Crippen LogP contribution in [0.25, 0.3) is 106 Å². The summed E-state index contributed by atoms with van der Waals surface area (Å²) in [5.41, 5.74) is 12.2. The van der Waals surface area contributed by atoms with Gasteiger partial charge in [0.15, 0.2) is 0 Å². The summed E-state index contributed by atoms with van der Waals surface area (Å²) < 4.78 is 114. The fourth-order valence-electron chi connectivity index (χ4n) is 13.0. The molecular weight excluding hydrogens is 1010 g/mol. The van der Waals surface area contributed by atoms with E-state index >= 15 is 0 Å². The van der Waals surface area contributed by atoms with Crippen LogP contribution in [0.2, 0.25) is 0 Å². The van der Waals surface area contributed by atoms with Gasteiger partial charge < -0.3 is 4.74 Å². The van der Waals surface area contributed by atoms with Crippen molar-refractivity contribution in [2.75, 3.05) is 0 Å². The van der Waals surface area contributed by atoms with E-state index in [1.165, 1.54) is 29.3 Å². The van der Waals surface area contributed by atoms with Gasteiger partial charge in [-0.2, -0.15) is 0 Å². The van der Waals surface area contributed by atoms with E-state index in [0.29, 0.717) is 56.2 Å². The van der Waals surface area contributed by atoms with Crippen LogP contribution < -0.4 is 9.30 Å². The summed E-state index contributed by atoms with van der Waals surface area (Å²) in [7, 11) is 0. The molecular formula is C78H72N4O. The molecule has 1 aliphatic carbocycles. The third-order valence-electron chi connectivity index (χ3n) is 17.7. The molecule has 2 aliphatic rings. The highest BCUT2D eigenvalue weighted by molar-refractivity contribution is 6.10. The van der Waals surface area contributed by atoms with Crippen LogP contribution in [0, 0.1) is 20.0 Å². The molecule has 1 aliphatic heterocycles. The number of fused-ring (bicyclic) bond motifs is 11. The van der Waals surface area contributed by atoms with Gasteiger partial charge in [-0.05, 0) is 198 Å². The molecule has 9 aromatic carbocycles. The Labute approximate surface area is 505 Å². The Kier molecular flexibility index (Phi) is 9.37. The number of para-hydroxylation sites is 1. The quantitative estimate of drug-likeness (QED) is 0.123. The molecule has 0 amide bonds. The number of imidazole rings is 1. The monoisotopic (exact) mass is 1090 g/mol. The summed E-state index contributed by atoms with van der Waals surface area (Å²) in [6.45, 7) is 16.4. The van der Waals surface area contributed by atoms with Gasteiger partial charge in [-0.25, -0.2) is 4.98 Å². The van der Waals surface area contributed by atoms with Crippen LogP contribution in [0.5, 0.6) is 11.5 Å². The standard InChI is InChI=1S/C78H72N4O/c1-48-22-20-23-49(2)72(48)65-41-53(76(6,7)8)40-64-62-46-67-66(77(9,10)35-36-78(67,11)12)45-61(62)57-28-16-17-29-58(57)63-38-51(50-24-14-13-15-25-50)39-70-74(63)81(73(64)65)47-80(70)54-26-21-27-55(43-54)83-56-32-33-60-59-30-18-19-31-68(59)82(69(60)44-56)71-42-52(34-37-79-71)75(3,4)5/h13-34,37-46H,35-36H2,1-12H3/i1D3,2D3,13D,14D,15D,24D,25D. The molecule has 0 radical (unpaired) electrons. The van der Waals surface area contributed by atoms with Crippen molar-refractivity contribution in [3.05, 3.63) is 234 Å². The first-order chi connectivity index (χ1) is 44.2. The van der Waals surface area contributed by atoms with Gasteiger partial charge in [-0.3, -0.25) is 13.7 Å². The van der Waals surface area contributed by atoms with Crippen LogP contribution in [0.1, 0.15) is 131 Å². The van der Waals surface area contributed by atoms with Gasteiger partial charge >= 0.3 is 0 Å². The zero-order valence-electron chi connectivity index (χ0n) is 59.7. The fraction of sp³-hybridized carbons (Fsp3) is 0.231. The zero-order chi connectivity index (χ0) is 66.8. The molecule has 83 heavy (non-hydrogen) atoms. The van der Waals surface area contributed by atoms with Crippen LogP contribution in [0.15, 0.2) is 194 Å². The van der Waals surface area contributed by atoms with Gasteiger partial charge in [-0.1, -0.05) is 190 Å². The number of hydrogen-bond donors (Lipinski definition) is 0. The summed E-state index contributed by atoms with van der Waals surface area (Å²) in [6, 6.07) is 49.0. The Bertz CT molecular complexity index is 5120. The van der Waals surface area contributed by atoms with E-state index in [1.54, 1.807) is 0 Å². The van der Waals surface area contributed by atoms with Crippen LogP contribution in [0.4, 0.5) is 0 Å². The molecule has 410 valence electrons. The maximum atomic E-state index is 9.50. The molecule has 4 heterocycles. The number of benzene rings is 9. The second-order valence-electron chi connectivity index (χ2n) is 26.1. The van der Waals surface area contributed by atoms with Gasteiger partial charge in [0.1, 0.15) is 17.3 Å². The highest BCUT2D eigenvalue weighted by Gasteiger charge is 2.39. The molecule has 3 aromatic heterocycles. The summed E-state index contributed by atoms with van der Waals surface area (Å²) >= 11 is 0. The van der Waals surface area contributed by atoms with Crippen molar-refractivity contribution in [1.82, 2.24) is 14.1 Å². The molecule has 5 heteroatoms. The molecule has 0 fully saturated rings. The molecule has 12 aromatic rings. The van der Waals surface area contributed by atoms with Crippen LogP contribution in [-0.2, 0) is 21.7 Å². The molecule has 0 saturated heterocycles. The number of rotatable bonds is 6. The molecule has 0 unspecified atom stereocenters. The first-order valence-corrected chi connectivity index (χ1v) is 28.7. The fourth-order valence-corrected chi connectivity index (χ4v) is 13.0. The Balaban J connectivity index is 1.12. The van der Waals surface area contributed by atoms with E-state index < -0.39 is 37.2 Å². The molecule has 5 nitrogen and oxygen atoms in total. The first-order valence-electron chi connectivity index (χ1n) is 34.2. The molecule has 0 spiro atoms. The van der Waals surface area contributed by atoms with E-state index in [2.05, 4.69) is 135 Å². The topological polar surface area (TPSA) is 35.9 Å². The minimum Gasteiger partial charge on any atom is -0.458 e. The van der Waals surface area contributed by atoms with Crippen LogP contribution >= 0.6 is 0 Å². The second-order valence-corrected chi connectivity index (χ2v) is 26.1. The lowest BCUT2D eigenvalue weighted by Crippen LogP contribution is -2.34. The third-order valence-corrected chi connectivity index (χ3v) is 17.7. The van der Waals surface area contributed by atoms with E-state index in [0.717, 1.165) is 73.8 Å². The molecule has 0 saturated carbocycles. The Hall–Kier alpha value is -8.80. The van der Waals surface area contributed by atoms with E-state index in [9.17, 15) is 11.0 Å². The number of pyridine rings is 1. The number of hydrogen-bond acceptors (Lipinski definition) is 2. The number of aromatic nitrogens is 4. The summed E-state index contributed by atoms with van der Waals surface area (Å²) in [5.74, 6) is 1.80. The van der Waals surface area contributed by atoms with Gasteiger partial charge in [0.25, 0.3) is 6.33 Å². The Morgan fingerprint density at radius 1 is 0.542 bits per heavy atom. The second kappa shape index (κ2) is 18.9. The van der Waals surface area contributed by atoms with Crippen molar-refractivity contribution in [2.24, 2.45) is 0 Å². The van der Waals surface area contributed by atoms with Crippen molar-refractivity contribution in [2.45, 2.75) is 117 Å².